The summed E-state index contributed by atoms with van der Waals surface area (Å²) in [5.74, 6) is 0.506. The number of hydrogen-bond donors (Lipinski definition) is 2. The third-order valence-corrected chi connectivity index (χ3v) is 4.06. The van der Waals surface area contributed by atoms with Crippen LogP contribution in [0.4, 0.5) is 4.39 Å². The van der Waals surface area contributed by atoms with E-state index in [2.05, 4.69) is 10.3 Å². The van der Waals surface area contributed by atoms with Crippen LogP contribution in [0.3, 0.4) is 0 Å². The summed E-state index contributed by atoms with van der Waals surface area (Å²) >= 11 is 0. The van der Waals surface area contributed by atoms with Crippen LogP contribution >= 0.6 is 0 Å². The lowest BCUT2D eigenvalue weighted by atomic mass is 10.1. The maximum absolute atomic E-state index is 13.1. The number of halogens is 1. The van der Waals surface area contributed by atoms with Crippen LogP contribution < -0.4 is 10.1 Å². The molecule has 5 nitrogen and oxygen atoms in total. The molecule has 0 saturated heterocycles. The number of aromatic nitrogens is 1. The SMILES string of the molecule is O=C(CC(O)c1cccc(F)c1)NCc1ccc(OCC2CC2)nc1. The van der Waals surface area contributed by atoms with Gasteiger partial charge in [0.25, 0.3) is 0 Å². The topological polar surface area (TPSA) is 71.5 Å². The highest BCUT2D eigenvalue weighted by atomic mass is 19.1. The van der Waals surface area contributed by atoms with Crippen LogP contribution in [-0.4, -0.2) is 22.6 Å². The molecule has 2 aromatic rings. The number of aliphatic hydroxyl groups is 1. The molecule has 1 aromatic carbocycles. The third kappa shape index (κ3) is 5.53. The first kappa shape index (κ1) is 17.4. The molecule has 25 heavy (non-hydrogen) atoms. The Kier molecular flexibility index (Phi) is 5.60. The Balaban J connectivity index is 1.43. The number of ether oxygens (including phenoxy) is 1. The van der Waals surface area contributed by atoms with Crippen molar-refractivity contribution in [1.29, 1.82) is 0 Å². The van der Waals surface area contributed by atoms with Crippen molar-refractivity contribution < 1.29 is 19.0 Å². The summed E-state index contributed by atoms with van der Waals surface area (Å²) in [6, 6.07) is 9.24. The van der Waals surface area contributed by atoms with Crippen molar-refractivity contribution in [3.05, 3.63) is 59.5 Å². The van der Waals surface area contributed by atoms with E-state index in [4.69, 9.17) is 4.74 Å². The molecule has 6 heteroatoms. The van der Waals surface area contributed by atoms with Crippen molar-refractivity contribution >= 4 is 5.91 Å². The Morgan fingerprint density at radius 3 is 2.88 bits per heavy atom. The fraction of sp³-hybridized carbons (Fsp3) is 0.368. The summed E-state index contributed by atoms with van der Waals surface area (Å²) in [7, 11) is 0. The van der Waals surface area contributed by atoms with Crippen LogP contribution in [-0.2, 0) is 11.3 Å². The van der Waals surface area contributed by atoms with Gasteiger partial charge < -0.3 is 15.2 Å². The molecular weight excluding hydrogens is 323 g/mol. The Hall–Kier alpha value is -2.47. The fourth-order valence-corrected chi connectivity index (χ4v) is 2.37. The molecule has 1 amide bonds. The van der Waals surface area contributed by atoms with E-state index in [0.29, 0.717) is 30.5 Å². The van der Waals surface area contributed by atoms with Gasteiger partial charge in [-0.05, 0) is 42.0 Å². The van der Waals surface area contributed by atoms with Gasteiger partial charge in [-0.15, -0.1) is 0 Å². The van der Waals surface area contributed by atoms with Gasteiger partial charge >= 0.3 is 0 Å². The predicted octanol–water partition coefficient (Wildman–Crippen LogP) is 2.75. The van der Waals surface area contributed by atoms with E-state index in [1.165, 1.54) is 31.0 Å². The monoisotopic (exact) mass is 344 g/mol. The van der Waals surface area contributed by atoms with Gasteiger partial charge in [-0.25, -0.2) is 9.37 Å². The summed E-state index contributed by atoms with van der Waals surface area (Å²) < 4.78 is 18.7. The number of amides is 1. The summed E-state index contributed by atoms with van der Waals surface area (Å²) in [6.07, 6.45) is 2.95. The molecule has 0 spiro atoms. The fourth-order valence-electron chi connectivity index (χ4n) is 2.37. The zero-order chi connectivity index (χ0) is 17.6. The Labute approximate surface area is 145 Å². The lowest BCUT2D eigenvalue weighted by molar-refractivity contribution is -0.123. The molecule has 0 radical (unpaired) electrons. The lowest BCUT2D eigenvalue weighted by Crippen LogP contribution is -2.24. The first-order valence-electron chi connectivity index (χ1n) is 8.38. The minimum atomic E-state index is -1.04. The quantitative estimate of drug-likeness (QED) is 0.772. The molecule has 1 fully saturated rings. The van der Waals surface area contributed by atoms with Crippen molar-refractivity contribution in [3.8, 4) is 5.88 Å². The highest BCUT2D eigenvalue weighted by molar-refractivity contribution is 5.76. The maximum Gasteiger partial charge on any atom is 0.223 e. The third-order valence-electron chi connectivity index (χ3n) is 4.06. The largest absolute Gasteiger partial charge is 0.477 e. The molecule has 1 aromatic heterocycles. The second-order valence-electron chi connectivity index (χ2n) is 6.31. The predicted molar refractivity (Wildman–Crippen MR) is 90.3 cm³/mol. The van der Waals surface area contributed by atoms with Gasteiger partial charge in [0.05, 0.1) is 19.1 Å². The van der Waals surface area contributed by atoms with E-state index in [1.54, 1.807) is 18.3 Å². The molecule has 2 N–H and O–H groups in total. The van der Waals surface area contributed by atoms with Crippen LogP contribution in [0.2, 0.25) is 0 Å². The molecule has 0 aliphatic heterocycles. The number of nitrogens with one attached hydrogen (secondary N) is 1. The molecule has 3 rings (SSSR count). The molecule has 1 unspecified atom stereocenters. The molecule has 1 aliphatic rings. The van der Waals surface area contributed by atoms with Gasteiger partial charge in [-0.3, -0.25) is 4.79 Å². The van der Waals surface area contributed by atoms with Gasteiger partial charge in [-0.1, -0.05) is 18.2 Å². The number of rotatable bonds is 8. The lowest BCUT2D eigenvalue weighted by Gasteiger charge is -2.11. The highest BCUT2D eigenvalue weighted by Crippen LogP contribution is 2.29. The number of carbonyl (C=O) groups excluding carboxylic acids is 1. The normalized spacial score (nSPS) is 14.8. The molecule has 1 saturated carbocycles. The Morgan fingerprint density at radius 1 is 1.36 bits per heavy atom. The van der Waals surface area contributed by atoms with Crippen LogP contribution in [0.1, 0.15) is 36.5 Å². The molecule has 1 aliphatic carbocycles. The second-order valence-corrected chi connectivity index (χ2v) is 6.31. The summed E-state index contributed by atoms with van der Waals surface area (Å²) in [5, 5.41) is 12.7. The smallest absolute Gasteiger partial charge is 0.223 e. The van der Waals surface area contributed by atoms with E-state index < -0.39 is 11.9 Å². The Morgan fingerprint density at radius 2 is 2.20 bits per heavy atom. The van der Waals surface area contributed by atoms with Gasteiger partial charge in [0.2, 0.25) is 11.8 Å². The van der Waals surface area contributed by atoms with Gasteiger partial charge in [-0.2, -0.15) is 0 Å². The number of aliphatic hydroxyl groups excluding tert-OH is 1. The van der Waals surface area contributed by atoms with Gasteiger partial charge in [0.15, 0.2) is 0 Å². The van der Waals surface area contributed by atoms with Crippen LogP contribution in [0, 0.1) is 11.7 Å². The van der Waals surface area contributed by atoms with E-state index in [9.17, 15) is 14.3 Å². The van der Waals surface area contributed by atoms with E-state index in [0.717, 1.165) is 5.56 Å². The number of benzene rings is 1. The van der Waals surface area contributed by atoms with E-state index in [1.807, 2.05) is 6.07 Å². The summed E-state index contributed by atoms with van der Waals surface area (Å²) in [6.45, 7) is 1.02. The van der Waals surface area contributed by atoms with Crippen molar-refractivity contribution in [3.63, 3.8) is 0 Å². The van der Waals surface area contributed by atoms with E-state index >= 15 is 0 Å². The first-order chi connectivity index (χ1) is 12.1. The van der Waals surface area contributed by atoms with Crippen LogP contribution in [0.5, 0.6) is 5.88 Å². The average molecular weight is 344 g/mol. The van der Waals surface area contributed by atoms with Gasteiger partial charge in [0, 0.05) is 18.8 Å². The summed E-state index contributed by atoms with van der Waals surface area (Å²) in [4.78, 5) is 16.1. The second kappa shape index (κ2) is 8.07. The average Bonchev–Trinajstić information content (AvgIpc) is 3.43. The van der Waals surface area contributed by atoms with Gasteiger partial charge in [0.1, 0.15) is 5.82 Å². The molecule has 1 atom stereocenters. The Bertz CT molecular complexity index is 717. The number of pyridine rings is 1. The number of hydrogen-bond acceptors (Lipinski definition) is 4. The molecular formula is C19H21FN2O3. The molecule has 1 heterocycles. The van der Waals surface area contributed by atoms with Crippen molar-refractivity contribution in [2.24, 2.45) is 5.92 Å². The maximum atomic E-state index is 13.1. The van der Waals surface area contributed by atoms with Crippen molar-refractivity contribution in [2.75, 3.05) is 6.61 Å². The minimum absolute atomic E-state index is 0.126. The zero-order valence-corrected chi connectivity index (χ0v) is 13.8. The number of nitrogens with zero attached hydrogens (tertiary/aromatic N) is 1. The molecule has 0 bridgehead atoms. The van der Waals surface area contributed by atoms with Crippen LogP contribution in [0.15, 0.2) is 42.6 Å². The summed E-state index contributed by atoms with van der Waals surface area (Å²) in [5.41, 5.74) is 1.22. The van der Waals surface area contributed by atoms with Crippen molar-refractivity contribution in [1.82, 2.24) is 10.3 Å². The standard InChI is InChI=1S/C19H21FN2O3/c20-16-3-1-2-15(8-16)17(23)9-18(24)21-10-14-6-7-19(22-11-14)25-12-13-4-5-13/h1-3,6-8,11,13,17,23H,4-5,9-10,12H2,(H,21,24). The number of carbonyl (C=O) groups is 1. The van der Waals surface area contributed by atoms with Crippen LogP contribution in [0.25, 0.3) is 0 Å². The minimum Gasteiger partial charge on any atom is -0.477 e. The first-order valence-corrected chi connectivity index (χ1v) is 8.38. The zero-order valence-electron chi connectivity index (χ0n) is 13.8. The van der Waals surface area contributed by atoms with Crippen molar-refractivity contribution in [2.45, 2.75) is 31.9 Å². The highest BCUT2D eigenvalue weighted by Gasteiger charge is 2.22. The molecule has 132 valence electrons. The van der Waals surface area contributed by atoms with E-state index in [-0.39, 0.29) is 12.3 Å².